The highest BCUT2D eigenvalue weighted by Gasteiger charge is 2.47. The summed E-state index contributed by atoms with van der Waals surface area (Å²) in [6, 6.07) is 0. The maximum absolute atomic E-state index is 6.02. The fraction of sp³-hybridized carbons (Fsp3) is 1.00. The second-order valence-electron chi connectivity index (χ2n) is 38.7. The van der Waals surface area contributed by atoms with Gasteiger partial charge in [-0.15, -0.1) is 0 Å². The maximum atomic E-state index is 6.02. The summed E-state index contributed by atoms with van der Waals surface area (Å²) in [5, 5.41) is 0. The number of ether oxygens (including phenoxy) is 10. The largest absolute Gasteiger partial charge is 0.381 e. The van der Waals surface area contributed by atoms with Gasteiger partial charge >= 0.3 is 0 Å². The average Bonchev–Trinajstić information content (AvgIpc) is 1.71. The molecular formula is C95H172O10. The molecule has 0 bridgehead atoms. The van der Waals surface area contributed by atoms with E-state index in [-0.39, 0.29) is 0 Å². The summed E-state index contributed by atoms with van der Waals surface area (Å²) in [4.78, 5) is 0. The zero-order valence-electron chi connectivity index (χ0n) is 69.6. The quantitative estimate of drug-likeness (QED) is 0.0432. The second-order valence-corrected chi connectivity index (χ2v) is 38.7. The van der Waals surface area contributed by atoms with Crippen molar-refractivity contribution in [3.63, 3.8) is 0 Å². The molecule has 612 valence electrons. The fourth-order valence-electron chi connectivity index (χ4n) is 21.1. The van der Waals surface area contributed by atoms with Crippen LogP contribution < -0.4 is 0 Å². The molecule has 11 aliphatic rings. The van der Waals surface area contributed by atoms with Crippen LogP contribution in [-0.4, -0.2) is 128 Å². The number of fused-ring (bicyclic) bond motifs is 4. The van der Waals surface area contributed by atoms with Crippen LogP contribution in [0.25, 0.3) is 0 Å². The maximum Gasteiger partial charge on any atom is 0.0844 e. The lowest BCUT2D eigenvalue weighted by Crippen LogP contribution is -2.45. The average molecular weight is 1470 g/mol. The van der Waals surface area contributed by atoms with Crippen LogP contribution >= 0.6 is 0 Å². The molecular weight excluding hydrogens is 1300 g/mol. The predicted octanol–water partition coefficient (Wildman–Crippen LogP) is 25.9. The third kappa shape index (κ3) is 33.9. The highest BCUT2D eigenvalue weighted by Crippen LogP contribution is 2.47. The van der Waals surface area contributed by atoms with E-state index < -0.39 is 0 Å². The molecule has 7 saturated heterocycles. The highest BCUT2D eigenvalue weighted by atomic mass is 16.6. The molecule has 4 saturated carbocycles. The van der Waals surface area contributed by atoms with Crippen LogP contribution in [0.2, 0.25) is 0 Å². The van der Waals surface area contributed by atoms with Crippen molar-refractivity contribution in [1.29, 1.82) is 0 Å². The molecule has 0 N–H and O–H groups in total. The first-order chi connectivity index (χ1) is 51.8. The SMILES string of the molecule is C(CCCCC1CCC2OC2C1)CCCCC(CCCCCCCCCC1CCC2OC2C1)(CCCCCCCCCC1CCC2OC2C1)CCCCCCCCCC1CCC2OC2C1.CCC1(COCCCCCC(CCCCCOCC2(CC)COC2)CCCCCOCC2(CC)COC2)COC1. The summed E-state index contributed by atoms with van der Waals surface area (Å²) < 4.78 is 57.6. The van der Waals surface area contributed by atoms with Crippen LogP contribution in [0.4, 0.5) is 0 Å². The molecule has 10 heteroatoms. The first kappa shape index (κ1) is 87.0. The van der Waals surface area contributed by atoms with E-state index in [0.29, 0.717) is 70.5 Å². The van der Waals surface area contributed by atoms with E-state index in [2.05, 4.69) is 20.8 Å². The summed E-state index contributed by atoms with van der Waals surface area (Å²) in [5.74, 6) is 4.75. The van der Waals surface area contributed by atoms with Gasteiger partial charge in [-0.25, -0.2) is 0 Å². The topological polar surface area (TPSA) is 106 Å². The van der Waals surface area contributed by atoms with E-state index in [1.54, 1.807) is 0 Å². The minimum absolute atomic E-state index is 0.313. The minimum atomic E-state index is 0.313. The molecule has 0 aromatic carbocycles. The normalized spacial score (nSPS) is 28.9. The molecule has 12 atom stereocenters. The van der Waals surface area contributed by atoms with E-state index in [4.69, 9.17) is 47.4 Å². The summed E-state index contributed by atoms with van der Waals surface area (Å²) in [7, 11) is 0. The molecule has 7 aliphatic heterocycles. The van der Waals surface area contributed by atoms with Gasteiger partial charge in [-0.2, -0.15) is 0 Å². The summed E-state index contributed by atoms with van der Waals surface area (Å²) in [6.45, 7) is 17.4. The summed E-state index contributed by atoms with van der Waals surface area (Å²) in [5.41, 5.74) is 1.57. The Morgan fingerprint density at radius 2 is 0.495 bits per heavy atom. The highest BCUT2D eigenvalue weighted by molar-refractivity contribution is 4.95. The molecule has 10 nitrogen and oxygen atoms in total. The van der Waals surface area contributed by atoms with Crippen molar-refractivity contribution in [2.24, 2.45) is 51.2 Å². The van der Waals surface area contributed by atoms with Gasteiger partial charge in [0.2, 0.25) is 0 Å². The molecule has 0 aromatic rings. The van der Waals surface area contributed by atoms with Gasteiger partial charge in [-0.3, -0.25) is 0 Å². The van der Waals surface area contributed by atoms with Gasteiger partial charge in [0, 0.05) is 36.1 Å². The molecule has 7 heterocycles. The summed E-state index contributed by atoms with van der Waals surface area (Å²) >= 11 is 0. The second kappa shape index (κ2) is 50.1. The Kier molecular flexibility index (Phi) is 41.5. The van der Waals surface area contributed by atoms with Gasteiger partial charge in [0.15, 0.2) is 0 Å². The lowest BCUT2D eigenvalue weighted by Gasteiger charge is -2.40. The van der Waals surface area contributed by atoms with Crippen molar-refractivity contribution in [1.82, 2.24) is 0 Å². The molecule has 0 aromatic heterocycles. The van der Waals surface area contributed by atoms with Crippen LogP contribution in [0.5, 0.6) is 0 Å². The summed E-state index contributed by atoms with van der Waals surface area (Å²) in [6.07, 6.45) is 94.6. The number of unbranched alkanes of at least 4 members (excludes halogenated alkanes) is 30. The van der Waals surface area contributed by atoms with Crippen molar-refractivity contribution in [2.75, 3.05) is 79.3 Å². The fourth-order valence-corrected chi connectivity index (χ4v) is 21.1. The van der Waals surface area contributed by atoms with Gasteiger partial charge in [0.25, 0.3) is 0 Å². The van der Waals surface area contributed by atoms with Crippen LogP contribution in [0.15, 0.2) is 0 Å². The third-order valence-corrected chi connectivity index (χ3v) is 29.9. The smallest absolute Gasteiger partial charge is 0.0844 e. The van der Waals surface area contributed by atoms with Crippen molar-refractivity contribution >= 4 is 0 Å². The molecule has 0 spiro atoms. The van der Waals surface area contributed by atoms with Crippen molar-refractivity contribution in [3.05, 3.63) is 0 Å². The Morgan fingerprint density at radius 1 is 0.267 bits per heavy atom. The Bertz CT molecular complexity index is 1870. The van der Waals surface area contributed by atoms with E-state index in [1.165, 1.54) is 385 Å². The van der Waals surface area contributed by atoms with Crippen LogP contribution in [0, 0.1) is 51.2 Å². The third-order valence-electron chi connectivity index (χ3n) is 29.9. The molecule has 0 radical (unpaired) electrons. The van der Waals surface area contributed by atoms with Gasteiger partial charge in [0.1, 0.15) is 0 Å². The van der Waals surface area contributed by atoms with Crippen molar-refractivity contribution < 1.29 is 47.4 Å². The van der Waals surface area contributed by atoms with Crippen LogP contribution in [0.1, 0.15) is 425 Å². The van der Waals surface area contributed by atoms with Crippen LogP contribution in [0.3, 0.4) is 0 Å². The zero-order chi connectivity index (χ0) is 72.6. The Hall–Kier alpha value is -0.400. The molecule has 12 unspecified atom stereocenters. The van der Waals surface area contributed by atoms with E-state index in [1.807, 2.05) is 0 Å². The molecule has 11 rings (SSSR count). The molecule has 4 aliphatic carbocycles. The van der Waals surface area contributed by atoms with E-state index in [0.717, 1.165) is 128 Å². The molecule has 0 amide bonds. The van der Waals surface area contributed by atoms with Gasteiger partial charge < -0.3 is 47.4 Å². The Labute approximate surface area is 648 Å². The monoisotopic (exact) mass is 1470 g/mol. The van der Waals surface area contributed by atoms with Crippen molar-refractivity contribution in [2.45, 2.75) is 474 Å². The van der Waals surface area contributed by atoms with E-state index in [9.17, 15) is 0 Å². The lowest BCUT2D eigenvalue weighted by molar-refractivity contribution is -0.150. The first-order valence-corrected chi connectivity index (χ1v) is 47.9. The van der Waals surface area contributed by atoms with Gasteiger partial charge in [-0.1, -0.05) is 284 Å². The lowest BCUT2D eigenvalue weighted by atomic mass is 9.70. The van der Waals surface area contributed by atoms with E-state index >= 15 is 0 Å². The Balaban J connectivity index is 0.000000254. The van der Waals surface area contributed by atoms with Gasteiger partial charge in [0.05, 0.1) is 108 Å². The number of hydrogen-bond donors (Lipinski definition) is 0. The standard InChI is InChI=1S/C61H108O4.C34H64O6/c1(5-13-21-29-49-33-37-53-57(45-49)62-53)9-17-25-41-61(42-26-18-10-2-6-14-22-30-50-34-38-54-58(46-50)63-54,43-27-19-11-3-7-15-23-31-51-35-39-55-59(47-51)64-55)44-28-20-12-4-8-16-24-32-52-36-40-56-60(48-52)65-56;1-4-32(25-38-26-32)22-35-19-13-7-10-16-31(17-11-8-14-20-36-23-33(5-2)27-39-28-33)18-12-9-15-21-37-24-34(6-3)29-40-30-34/h49-60H,1-48H2;31H,4-30H2,1-3H3. The predicted molar refractivity (Wildman–Crippen MR) is 435 cm³/mol. The molecule has 105 heavy (non-hydrogen) atoms. The molecule has 11 fully saturated rings. The van der Waals surface area contributed by atoms with Crippen LogP contribution in [-0.2, 0) is 47.4 Å². The number of hydrogen-bond acceptors (Lipinski definition) is 10. The minimum Gasteiger partial charge on any atom is -0.381 e. The van der Waals surface area contributed by atoms with Crippen molar-refractivity contribution in [3.8, 4) is 0 Å². The zero-order valence-corrected chi connectivity index (χ0v) is 69.6. The number of epoxide rings is 4. The first-order valence-electron chi connectivity index (χ1n) is 47.9. The number of rotatable bonds is 67. The van der Waals surface area contributed by atoms with Gasteiger partial charge in [-0.05, 0) is 176 Å². The Morgan fingerprint density at radius 3 is 0.714 bits per heavy atom.